The minimum absolute atomic E-state index is 0.397. The van der Waals surface area contributed by atoms with Crippen LogP contribution in [-0.4, -0.2) is 56.9 Å². The normalized spacial score (nSPS) is 16.2. The van der Waals surface area contributed by atoms with E-state index >= 15 is 0 Å². The lowest BCUT2D eigenvalue weighted by molar-refractivity contribution is -0.120. The van der Waals surface area contributed by atoms with E-state index in [0.717, 1.165) is 71.2 Å². The summed E-state index contributed by atoms with van der Waals surface area (Å²) in [4.78, 5) is 19.4. The molecular formula is C34H52N6O2. The van der Waals surface area contributed by atoms with E-state index in [-0.39, 0.29) is 0 Å². The molecule has 1 amide bonds. The van der Waals surface area contributed by atoms with Crippen LogP contribution in [0.15, 0.2) is 53.2 Å². The smallest absolute Gasteiger partial charge is 0.226 e. The Labute approximate surface area is 253 Å². The Morgan fingerprint density at radius 1 is 1.19 bits per heavy atom. The predicted molar refractivity (Wildman–Crippen MR) is 178 cm³/mol. The highest BCUT2D eigenvalue weighted by Gasteiger charge is 2.25. The van der Waals surface area contributed by atoms with Gasteiger partial charge in [0.2, 0.25) is 5.91 Å². The van der Waals surface area contributed by atoms with Gasteiger partial charge in [0.1, 0.15) is 0 Å². The predicted octanol–water partition coefficient (Wildman–Crippen LogP) is 5.73. The zero-order valence-electron chi connectivity index (χ0n) is 26.9. The first-order valence-electron chi connectivity index (χ1n) is 15.1. The lowest BCUT2D eigenvalue weighted by Gasteiger charge is -2.21. The molecule has 42 heavy (non-hydrogen) atoms. The number of benzene rings is 2. The van der Waals surface area contributed by atoms with Crippen LogP contribution in [0.2, 0.25) is 0 Å². The molecule has 5 N–H and O–H groups in total. The summed E-state index contributed by atoms with van der Waals surface area (Å²) in [6.45, 7) is 16.9. The van der Waals surface area contributed by atoms with Gasteiger partial charge in [0.25, 0.3) is 0 Å². The third-order valence-electron chi connectivity index (χ3n) is 7.31. The number of nitrogens with one attached hydrogen (secondary N) is 3. The summed E-state index contributed by atoms with van der Waals surface area (Å²) in [5.41, 5.74) is 20.7. The number of ether oxygens (including phenoxy) is 1. The molecule has 8 heteroatoms. The highest BCUT2D eigenvalue weighted by atomic mass is 16.5. The fraction of sp³-hybridized carbons (Fsp3) is 0.471. The van der Waals surface area contributed by atoms with Crippen LogP contribution in [0.1, 0.15) is 75.3 Å². The molecule has 2 aliphatic rings. The van der Waals surface area contributed by atoms with Crippen LogP contribution in [0.3, 0.4) is 0 Å². The molecule has 1 saturated heterocycles. The second-order valence-corrected chi connectivity index (χ2v) is 10.6. The first kappa shape index (κ1) is 34.7. The number of hydrazine groups is 1. The number of aryl methyl sites for hydroxylation is 1. The number of aliphatic imine (C=N–C) groups is 1. The zero-order valence-corrected chi connectivity index (χ0v) is 26.9. The molecule has 1 unspecified atom stereocenters. The summed E-state index contributed by atoms with van der Waals surface area (Å²) in [5.74, 6) is -0.908. The number of amides is 1. The Bertz CT molecular complexity index is 1240. The number of likely N-dealkylation sites (N-methyl/N-ethyl adjacent to an activating group) is 1. The van der Waals surface area contributed by atoms with Crippen molar-refractivity contribution in [1.29, 1.82) is 0 Å². The van der Waals surface area contributed by atoms with Crippen molar-refractivity contribution in [2.75, 3.05) is 45.8 Å². The van der Waals surface area contributed by atoms with Gasteiger partial charge in [-0.15, -0.1) is 0 Å². The van der Waals surface area contributed by atoms with Crippen LogP contribution < -0.4 is 21.9 Å². The van der Waals surface area contributed by atoms with Gasteiger partial charge in [0, 0.05) is 49.2 Å². The zero-order chi connectivity index (χ0) is 31.1. The SMILES string of the molecule is CC=Cc1cccc(C(C)=N/C(=C(/NC)C(C)C(N)=O)c2c(C)ccc3c2CNN3)c1.CCCC.CN1CCOCC1. The van der Waals surface area contributed by atoms with Gasteiger partial charge in [-0.25, -0.2) is 5.43 Å². The van der Waals surface area contributed by atoms with E-state index in [0.29, 0.717) is 12.2 Å². The number of nitrogens with two attached hydrogens (primary N) is 1. The molecule has 0 bridgehead atoms. The Kier molecular flexibility index (Phi) is 15.0. The highest BCUT2D eigenvalue weighted by molar-refractivity contribution is 6.03. The van der Waals surface area contributed by atoms with E-state index in [9.17, 15) is 4.79 Å². The molecule has 0 aromatic heterocycles. The Balaban J connectivity index is 0.000000470. The van der Waals surface area contributed by atoms with Gasteiger partial charge in [-0.05, 0) is 63.6 Å². The van der Waals surface area contributed by atoms with Gasteiger partial charge in [-0.1, -0.05) is 63.1 Å². The number of rotatable bonds is 8. The highest BCUT2D eigenvalue weighted by Crippen LogP contribution is 2.35. The number of allylic oxidation sites excluding steroid dienone is 1. The van der Waals surface area contributed by atoms with Crippen LogP contribution >= 0.6 is 0 Å². The maximum Gasteiger partial charge on any atom is 0.226 e. The number of morpholine rings is 1. The summed E-state index contributed by atoms with van der Waals surface area (Å²) in [7, 11) is 3.92. The van der Waals surface area contributed by atoms with Crippen LogP contribution in [0, 0.1) is 12.8 Å². The number of anilines is 1. The number of hydrogen-bond donors (Lipinski definition) is 4. The summed E-state index contributed by atoms with van der Waals surface area (Å²) < 4.78 is 5.10. The fourth-order valence-corrected chi connectivity index (χ4v) is 4.50. The van der Waals surface area contributed by atoms with Crippen LogP contribution in [0.25, 0.3) is 11.8 Å². The molecule has 1 atom stereocenters. The maximum atomic E-state index is 12.1. The largest absolute Gasteiger partial charge is 0.389 e. The molecule has 2 aliphatic heterocycles. The van der Waals surface area contributed by atoms with Crippen molar-refractivity contribution >= 4 is 29.1 Å². The van der Waals surface area contributed by atoms with E-state index in [4.69, 9.17) is 15.5 Å². The second kappa shape index (κ2) is 18.2. The third kappa shape index (κ3) is 10.1. The minimum Gasteiger partial charge on any atom is -0.389 e. The van der Waals surface area contributed by atoms with Gasteiger partial charge >= 0.3 is 0 Å². The molecule has 0 spiro atoms. The van der Waals surface area contributed by atoms with Crippen LogP contribution in [-0.2, 0) is 16.1 Å². The summed E-state index contributed by atoms with van der Waals surface area (Å²) >= 11 is 0. The van der Waals surface area contributed by atoms with Gasteiger partial charge in [0.05, 0.1) is 30.5 Å². The van der Waals surface area contributed by atoms with Crippen molar-refractivity contribution in [3.05, 3.63) is 76.0 Å². The molecule has 2 aromatic rings. The topological polar surface area (TPSA) is 104 Å². The van der Waals surface area contributed by atoms with E-state index in [1.165, 1.54) is 12.8 Å². The molecule has 230 valence electrons. The van der Waals surface area contributed by atoms with E-state index in [1.807, 2.05) is 32.1 Å². The molecule has 8 nitrogen and oxygen atoms in total. The van der Waals surface area contributed by atoms with Crippen molar-refractivity contribution in [2.24, 2.45) is 16.6 Å². The third-order valence-corrected chi connectivity index (χ3v) is 7.31. The van der Waals surface area contributed by atoms with Crippen molar-refractivity contribution in [1.82, 2.24) is 15.6 Å². The molecule has 1 fully saturated rings. The molecule has 2 heterocycles. The summed E-state index contributed by atoms with van der Waals surface area (Å²) in [6, 6.07) is 12.4. The quantitative estimate of drug-likeness (QED) is 0.299. The molecule has 4 rings (SSSR count). The van der Waals surface area contributed by atoms with Crippen molar-refractivity contribution in [3.8, 4) is 0 Å². The second-order valence-electron chi connectivity index (χ2n) is 10.6. The lowest BCUT2D eigenvalue weighted by Crippen LogP contribution is -2.32. The number of carbonyl (C=O) groups is 1. The number of nitrogens with zero attached hydrogens (tertiary/aromatic N) is 2. The van der Waals surface area contributed by atoms with Crippen LogP contribution in [0.4, 0.5) is 5.69 Å². The fourth-order valence-electron chi connectivity index (χ4n) is 4.50. The molecule has 2 aromatic carbocycles. The Morgan fingerprint density at radius 3 is 2.43 bits per heavy atom. The van der Waals surface area contributed by atoms with Crippen LogP contribution in [0.5, 0.6) is 0 Å². The van der Waals surface area contributed by atoms with Crippen molar-refractivity contribution in [3.63, 3.8) is 0 Å². The summed E-state index contributed by atoms with van der Waals surface area (Å²) in [6.07, 6.45) is 6.72. The molecular weight excluding hydrogens is 524 g/mol. The number of primary amides is 1. The number of fused-ring (bicyclic) bond motifs is 1. The molecule has 0 saturated carbocycles. The standard InChI is InChI=1S/C25H31N5O.C5H11NO.C4H10/c1-6-8-18-9-7-10-19(13-18)17(4)29-24(23(27-5)16(3)25(26)31)22-15(2)11-12-21-20(22)14-28-30-21;1-6-2-4-7-5-3-6;1-3-4-2/h6-13,16,27-28,30H,14H2,1-5H3,(H2,26,31);2-5H2,1H3;3-4H2,1-2H3/b8-6?,24-23+,29-17?;;. The van der Waals surface area contributed by atoms with Gasteiger partial charge in [-0.2, -0.15) is 0 Å². The first-order chi connectivity index (χ1) is 20.2. The Hall–Kier alpha value is -3.46. The number of carbonyl (C=O) groups excluding carboxylic acids is 1. The van der Waals surface area contributed by atoms with Gasteiger partial charge in [-0.3, -0.25) is 9.79 Å². The maximum absolute atomic E-state index is 12.1. The van der Waals surface area contributed by atoms with Crippen molar-refractivity contribution < 1.29 is 9.53 Å². The Morgan fingerprint density at radius 2 is 1.88 bits per heavy atom. The van der Waals surface area contributed by atoms with E-state index in [1.54, 1.807) is 14.0 Å². The average molecular weight is 577 g/mol. The minimum atomic E-state index is -0.511. The average Bonchev–Trinajstić information content (AvgIpc) is 3.47. The molecule has 0 radical (unpaired) electrons. The summed E-state index contributed by atoms with van der Waals surface area (Å²) in [5, 5.41) is 3.21. The van der Waals surface area contributed by atoms with Crippen molar-refractivity contribution in [2.45, 2.75) is 60.9 Å². The number of hydrogen-bond acceptors (Lipinski definition) is 7. The first-order valence-corrected chi connectivity index (χ1v) is 15.1. The monoisotopic (exact) mass is 576 g/mol. The van der Waals surface area contributed by atoms with E-state index < -0.39 is 11.8 Å². The van der Waals surface area contributed by atoms with Gasteiger partial charge in [0.15, 0.2) is 0 Å². The van der Waals surface area contributed by atoms with E-state index in [2.05, 4.69) is 79.2 Å². The lowest BCUT2D eigenvalue weighted by atomic mass is 9.93. The van der Waals surface area contributed by atoms with Gasteiger partial charge < -0.3 is 26.1 Å². The molecule has 0 aliphatic carbocycles. The number of unbranched alkanes of at least 4 members (excludes halogenated alkanes) is 1.